The van der Waals surface area contributed by atoms with E-state index in [2.05, 4.69) is 4.74 Å². The molecule has 6 heavy (non-hydrogen) atoms. The molecule has 35 valence electrons. The largest absolute Gasteiger partial charge is 0.498 e. The molecule has 0 atom stereocenters. The van der Waals surface area contributed by atoms with Crippen molar-refractivity contribution in [2.75, 3.05) is 7.11 Å². The molecule has 0 N–H and O–H groups in total. The summed E-state index contributed by atoms with van der Waals surface area (Å²) in [5.74, 6) is 0.412. The molecule has 0 bridgehead atoms. The molecule has 0 aliphatic carbocycles. The SMILES string of the molecule is COC(C)=C[O]. The van der Waals surface area contributed by atoms with Gasteiger partial charge in [-0.15, -0.1) is 0 Å². The summed E-state index contributed by atoms with van der Waals surface area (Å²) in [6, 6.07) is 0. The van der Waals surface area contributed by atoms with Gasteiger partial charge in [-0.05, 0) is 6.92 Å². The number of methoxy groups -OCH3 is 1. The Balaban J connectivity index is 3.22. The zero-order valence-electron chi connectivity index (χ0n) is 3.89. The standard InChI is InChI=1S/C4H7O2/c1-4(3-5)6-2/h3H,1-2H3. The smallest absolute Gasteiger partial charge is 0.180 e. The first kappa shape index (κ1) is 5.34. The van der Waals surface area contributed by atoms with Gasteiger partial charge in [-0.1, -0.05) is 0 Å². The highest BCUT2D eigenvalue weighted by molar-refractivity contribution is 4.77. The van der Waals surface area contributed by atoms with Crippen LogP contribution in [0.2, 0.25) is 0 Å². The lowest BCUT2D eigenvalue weighted by atomic mass is 10.6. The van der Waals surface area contributed by atoms with Gasteiger partial charge in [0, 0.05) is 0 Å². The first-order valence-corrected chi connectivity index (χ1v) is 1.64. The number of rotatable bonds is 1. The molecule has 1 radical (unpaired) electrons. The van der Waals surface area contributed by atoms with E-state index in [0.29, 0.717) is 12.0 Å². The molecule has 0 saturated heterocycles. The molecular formula is C4H7O2. The van der Waals surface area contributed by atoms with Crippen molar-refractivity contribution in [1.29, 1.82) is 0 Å². The highest BCUT2D eigenvalue weighted by Crippen LogP contribution is 1.86. The molecule has 0 aliphatic rings. The van der Waals surface area contributed by atoms with E-state index in [4.69, 9.17) is 0 Å². The molecule has 0 spiro atoms. The van der Waals surface area contributed by atoms with E-state index in [9.17, 15) is 5.11 Å². The molecule has 0 aromatic rings. The first-order valence-electron chi connectivity index (χ1n) is 1.64. The summed E-state index contributed by atoms with van der Waals surface area (Å²) in [7, 11) is 1.46. The van der Waals surface area contributed by atoms with Gasteiger partial charge in [0.15, 0.2) is 6.26 Å². The highest BCUT2D eigenvalue weighted by atomic mass is 16.5. The third-order valence-electron chi connectivity index (χ3n) is 0.488. The maximum absolute atomic E-state index is 9.57. The van der Waals surface area contributed by atoms with Crippen molar-refractivity contribution in [3.05, 3.63) is 12.0 Å². The van der Waals surface area contributed by atoms with Crippen LogP contribution >= 0.6 is 0 Å². The minimum Gasteiger partial charge on any atom is -0.498 e. The fourth-order valence-corrected chi connectivity index (χ4v) is 0.0481. The number of ether oxygens (including phenoxy) is 1. The van der Waals surface area contributed by atoms with Gasteiger partial charge in [0.25, 0.3) is 0 Å². The molecule has 0 unspecified atom stereocenters. The van der Waals surface area contributed by atoms with Crippen molar-refractivity contribution < 1.29 is 9.84 Å². The van der Waals surface area contributed by atoms with Crippen molar-refractivity contribution >= 4 is 0 Å². The molecule has 0 saturated carbocycles. The minimum absolute atomic E-state index is 0.412. The van der Waals surface area contributed by atoms with Gasteiger partial charge in [0.1, 0.15) is 5.76 Å². The molecule has 2 nitrogen and oxygen atoms in total. The normalized spacial score (nSPS) is 11.3. The Hall–Kier alpha value is -0.660. The fourth-order valence-electron chi connectivity index (χ4n) is 0.0481. The Bertz CT molecular complexity index is 56.6. The molecule has 0 rings (SSSR count). The summed E-state index contributed by atoms with van der Waals surface area (Å²) >= 11 is 0. The molecule has 0 fully saturated rings. The van der Waals surface area contributed by atoms with Crippen molar-refractivity contribution in [1.82, 2.24) is 0 Å². The van der Waals surface area contributed by atoms with Crippen molar-refractivity contribution in [2.45, 2.75) is 6.92 Å². The molecule has 0 amide bonds. The Morgan fingerprint density at radius 3 is 2.33 bits per heavy atom. The number of hydrogen-bond donors (Lipinski definition) is 0. The van der Waals surface area contributed by atoms with Gasteiger partial charge in [0.2, 0.25) is 0 Å². The lowest BCUT2D eigenvalue weighted by Crippen LogP contribution is -1.74. The van der Waals surface area contributed by atoms with Crippen LogP contribution in [0.25, 0.3) is 0 Å². The molecule has 0 heterocycles. The Morgan fingerprint density at radius 2 is 2.33 bits per heavy atom. The fraction of sp³-hybridized carbons (Fsp3) is 0.500. The van der Waals surface area contributed by atoms with Crippen molar-refractivity contribution in [2.24, 2.45) is 0 Å². The van der Waals surface area contributed by atoms with Crippen molar-refractivity contribution in [3.8, 4) is 0 Å². The van der Waals surface area contributed by atoms with Gasteiger partial charge in [-0.3, -0.25) is 5.11 Å². The topological polar surface area (TPSA) is 29.1 Å². The average Bonchev–Trinajstić information content (AvgIpc) is 1.65. The highest BCUT2D eigenvalue weighted by Gasteiger charge is 1.76. The van der Waals surface area contributed by atoms with E-state index in [0.717, 1.165) is 0 Å². The molecule has 0 aliphatic heterocycles. The van der Waals surface area contributed by atoms with Crippen LogP contribution in [0.1, 0.15) is 6.92 Å². The number of hydrogen-bond acceptors (Lipinski definition) is 1. The number of allylic oxidation sites excluding steroid dienone is 1. The summed E-state index contributed by atoms with van der Waals surface area (Å²) < 4.78 is 4.45. The Kier molecular flexibility index (Phi) is 2.29. The third-order valence-corrected chi connectivity index (χ3v) is 0.488. The summed E-state index contributed by atoms with van der Waals surface area (Å²) in [5, 5.41) is 9.57. The zero-order chi connectivity index (χ0) is 4.99. The zero-order valence-corrected chi connectivity index (χ0v) is 3.89. The van der Waals surface area contributed by atoms with Gasteiger partial charge in [-0.2, -0.15) is 0 Å². The van der Waals surface area contributed by atoms with Gasteiger partial charge in [-0.25, -0.2) is 0 Å². The monoisotopic (exact) mass is 87.0 g/mol. The van der Waals surface area contributed by atoms with Crippen LogP contribution in [0.15, 0.2) is 12.0 Å². The maximum Gasteiger partial charge on any atom is 0.180 e. The van der Waals surface area contributed by atoms with Crippen LogP contribution in [0.5, 0.6) is 0 Å². The summed E-state index contributed by atoms with van der Waals surface area (Å²) in [6.45, 7) is 1.60. The van der Waals surface area contributed by atoms with E-state index >= 15 is 0 Å². The van der Waals surface area contributed by atoms with Crippen LogP contribution in [0.3, 0.4) is 0 Å². The first-order chi connectivity index (χ1) is 2.81. The van der Waals surface area contributed by atoms with E-state index in [-0.39, 0.29) is 0 Å². The van der Waals surface area contributed by atoms with E-state index in [1.807, 2.05) is 0 Å². The predicted octanol–water partition coefficient (Wildman–Crippen LogP) is 0.925. The lowest BCUT2D eigenvalue weighted by Gasteiger charge is -1.88. The Morgan fingerprint density at radius 1 is 1.83 bits per heavy atom. The molecular weight excluding hydrogens is 80.0 g/mol. The molecule has 0 aromatic heterocycles. The van der Waals surface area contributed by atoms with E-state index in [1.54, 1.807) is 6.92 Å². The van der Waals surface area contributed by atoms with Crippen LogP contribution < -0.4 is 0 Å². The van der Waals surface area contributed by atoms with Gasteiger partial charge < -0.3 is 4.74 Å². The molecule has 2 heteroatoms. The van der Waals surface area contributed by atoms with Crippen LogP contribution in [-0.4, -0.2) is 7.11 Å². The Labute approximate surface area is 37.1 Å². The van der Waals surface area contributed by atoms with Crippen molar-refractivity contribution in [3.63, 3.8) is 0 Å². The molecule has 0 aromatic carbocycles. The average molecular weight is 87.1 g/mol. The van der Waals surface area contributed by atoms with E-state index in [1.165, 1.54) is 7.11 Å². The van der Waals surface area contributed by atoms with Crippen LogP contribution in [-0.2, 0) is 9.84 Å². The predicted molar refractivity (Wildman–Crippen MR) is 21.5 cm³/mol. The van der Waals surface area contributed by atoms with Crippen LogP contribution in [0, 0.1) is 0 Å². The second-order valence-corrected chi connectivity index (χ2v) is 0.933. The van der Waals surface area contributed by atoms with E-state index < -0.39 is 0 Å². The third kappa shape index (κ3) is 1.64. The quantitative estimate of drug-likeness (QED) is 0.437. The second-order valence-electron chi connectivity index (χ2n) is 0.933. The minimum atomic E-state index is 0.412. The second kappa shape index (κ2) is 2.57. The summed E-state index contributed by atoms with van der Waals surface area (Å²) in [5.41, 5.74) is 0. The van der Waals surface area contributed by atoms with Gasteiger partial charge >= 0.3 is 0 Å². The lowest BCUT2D eigenvalue weighted by molar-refractivity contribution is 0.251. The maximum atomic E-state index is 9.57. The summed E-state index contributed by atoms with van der Waals surface area (Å²) in [6.07, 6.45) is 0.667. The summed E-state index contributed by atoms with van der Waals surface area (Å²) in [4.78, 5) is 0. The van der Waals surface area contributed by atoms with Crippen LogP contribution in [0.4, 0.5) is 0 Å². The van der Waals surface area contributed by atoms with Gasteiger partial charge in [0.05, 0.1) is 7.11 Å².